The van der Waals surface area contributed by atoms with E-state index in [9.17, 15) is 19.5 Å². The third-order valence-electron chi connectivity index (χ3n) is 8.84. The molecule has 0 spiro atoms. The van der Waals surface area contributed by atoms with Crippen molar-refractivity contribution in [3.63, 3.8) is 0 Å². The number of carboxylic acid groups (broad SMARTS) is 1. The van der Waals surface area contributed by atoms with Crippen LogP contribution in [-0.4, -0.2) is 40.9 Å². The lowest BCUT2D eigenvalue weighted by Crippen LogP contribution is -2.50. The van der Waals surface area contributed by atoms with E-state index >= 15 is 0 Å². The predicted molar refractivity (Wildman–Crippen MR) is 191 cm³/mol. The molecule has 1 unspecified atom stereocenters. The summed E-state index contributed by atoms with van der Waals surface area (Å²) in [5, 5.41) is 12.9. The highest BCUT2D eigenvalue weighted by molar-refractivity contribution is 6.31. The number of carbonyl (C=O) groups is 3. The predicted octanol–water partition coefficient (Wildman–Crippen LogP) is 8.96. The smallest absolute Gasteiger partial charge is 0.394 e. The summed E-state index contributed by atoms with van der Waals surface area (Å²) in [5.41, 5.74) is 1.58. The van der Waals surface area contributed by atoms with Crippen LogP contribution >= 0.6 is 0 Å². The number of nitrogens with zero attached hydrogens (tertiary/aromatic N) is 1. The van der Waals surface area contributed by atoms with Crippen LogP contribution in [0.15, 0.2) is 103 Å². The summed E-state index contributed by atoms with van der Waals surface area (Å²) in [4.78, 5) is 40.4. The van der Waals surface area contributed by atoms with E-state index in [1.165, 1.54) is 49.8 Å². The van der Waals surface area contributed by atoms with Crippen LogP contribution < -0.4 is 10.1 Å². The average Bonchev–Trinajstić information content (AvgIpc) is 3.11. The van der Waals surface area contributed by atoms with Gasteiger partial charge in [-0.25, -0.2) is 4.79 Å². The number of hydrogen-bond acceptors (Lipinski definition) is 4. The minimum absolute atomic E-state index is 0.00763. The lowest BCUT2D eigenvalue weighted by Gasteiger charge is -2.36. The van der Waals surface area contributed by atoms with Crippen molar-refractivity contribution < 1.29 is 24.2 Å². The molecule has 0 saturated heterocycles. The van der Waals surface area contributed by atoms with Crippen molar-refractivity contribution in [3.05, 3.63) is 114 Å². The second-order valence-corrected chi connectivity index (χ2v) is 12.7. The average molecular weight is 651 g/mol. The van der Waals surface area contributed by atoms with Crippen LogP contribution in [0.1, 0.15) is 88.7 Å². The third kappa shape index (κ3) is 11.3. The Labute approximate surface area is 285 Å². The largest absolute Gasteiger partial charge is 0.474 e. The van der Waals surface area contributed by atoms with Gasteiger partial charge in [-0.05, 0) is 53.8 Å². The van der Waals surface area contributed by atoms with E-state index < -0.39 is 17.3 Å². The molecule has 7 heteroatoms. The first-order valence-electron chi connectivity index (χ1n) is 17.5. The van der Waals surface area contributed by atoms with E-state index in [0.717, 1.165) is 30.4 Å². The molecule has 0 heterocycles. The monoisotopic (exact) mass is 650 g/mol. The Kier molecular flexibility index (Phi) is 14.5. The zero-order chi connectivity index (χ0) is 34.0. The maximum Gasteiger partial charge on any atom is 0.394 e. The quantitative estimate of drug-likeness (QED) is 0.0998. The minimum atomic E-state index is -1.56. The van der Waals surface area contributed by atoms with Crippen molar-refractivity contribution in [2.24, 2.45) is 5.41 Å². The number of para-hydroxylation sites is 1. The summed E-state index contributed by atoms with van der Waals surface area (Å²) >= 11 is 0. The van der Waals surface area contributed by atoms with Gasteiger partial charge in [-0.2, -0.15) is 0 Å². The van der Waals surface area contributed by atoms with E-state index in [2.05, 4.69) is 12.2 Å². The summed E-state index contributed by atoms with van der Waals surface area (Å²) < 4.78 is 5.97. The zero-order valence-corrected chi connectivity index (χ0v) is 28.2. The highest BCUT2D eigenvalue weighted by Gasteiger charge is 2.40. The van der Waals surface area contributed by atoms with Crippen LogP contribution in [0, 0.1) is 5.41 Å². The first kappa shape index (κ1) is 36.2. The van der Waals surface area contributed by atoms with Gasteiger partial charge in [0.05, 0.1) is 5.41 Å². The van der Waals surface area contributed by atoms with E-state index in [0.29, 0.717) is 30.0 Å². The number of ether oxygens (including phenoxy) is 1. The Morgan fingerprint density at radius 2 is 1.42 bits per heavy atom. The van der Waals surface area contributed by atoms with Gasteiger partial charge < -0.3 is 20.1 Å². The molecule has 1 aliphatic carbocycles. The van der Waals surface area contributed by atoms with Gasteiger partial charge >= 0.3 is 11.9 Å². The highest BCUT2D eigenvalue weighted by Crippen LogP contribution is 2.35. The first-order valence-corrected chi connectivity index (χ1v) is 17.5. The fourth-order valence-electron chi connectivity index (χ4n) is 6.10. The molecule has 2 N–H and O–H groups in total. The first-order chi connectivity index (χ1) is 23.4. The molecule has 0 fully saturated rings. The molecule has 254 valence electrons. The van der Waals surface area contributed by atoms with Crippen molar-refractivity contribution in [2.45, 2.75) is 84.1 Å². The standard InChI is InChI=1S/C41H50N2O5/c1-2-3-4-5-6-7-8-9-10-17-29-42-40(47)41(27-25-35(26-28-41)34-20-13-11-14-21-34)32-43(38(44)39(45)46)31-33-19-18-24-37(30-33)48-36-22-15-12-16-23-36/h11-16,18-27,30H,2-10,17,28-29,31-32H2,1H3,(H,42,47)(H,45,46). The van der Waals surface area contributed by atoms with E-state index in [-0.39, 0.29) is 19.0 Å². The number of nitrogens with one attached hydrogen (secondary N) is 1. The second kappa shape index (κ2) is 19.2. The Morgan fingerprint density at radius 1 is 0.792 bits per heavy atom. The van der Waals surface area contributed by atoms with Gasteiger partial charge in [-0.15, -0.1) is 0 Å². The molecule has 7 nitrogen and oxygen atoms in total. The van der Waals surface area contributed by atoms with E-state index in [1.54, 1.807) is 12.1 Å². The second-order valence-electron chi connectivity index (χ2n) is 12.7. The van der Waals surface area contributed by atoms with Crippen LogP contribution in [0.25, 0.3) is 5.57 Å². The molecule has 2 amide bonds. The van der Waals surface area contributed by atoms with Crippen molar-refractivity contribution >= 4 is 23.4 Å². The molecule has 48 heavy (non-hydrogen) atoms. The zero-order valence-electron chi connectivity index (χ0n) is 28.2. The maximum absolute atomic E-state index is 14.0. The van der Waals surface area contributed by atoms with Crippen LogP contribution in [0.3, 0.4) is 0 Å². The van der Waals surface area contributed by atoms with Gasteiger partial charge in [-0.3, -0.25) is 9.59 Å². The molecule has 3 aromatic rings. The number of allylic oxidation sites excluding steroid dienone is 3. The summed E-state index contributed by atoms with van der Waals surface area (Å²) in [5.74, 6) is -1.59. The maximum atomic E-state index is 14.0. The molecule has 0 aromatic heterocycles. The molecule has 1 aliphatic rings. The van der Waals surface area contributed by atoms with Crippen LogP contribution in [0.5, 0.6) is 11.5 Å². The van der Waals surface area contributed by atoms with Gasteiger partial charge in [0.25, 0.3) is 0 Å². The van der Waals surface area contributed by atoms with Gasteiger partial charge in [0, 0.05) is 19.6 Å². The normalized spacial score (nSPS) is 15.4. The van der Waals surface area contributed by atoms with Crippen molar-refractivity contribution in [3.8, 4) is 11.5 Å². The molecular weight excluding hydrogens is 600 g/mol. The van der Waals surface area contributed by atoms with Gasteiger partial charge in [0.2, 0.25) is 5.91 Å². The SMILES string of the molecule is CCCCCCCCCCCCNC(=O)C1(CN(Cc2cccc(Oc3ccccc3)c2)C(=O)C(=O)O)C=CC(c2ccccc2)=CC1. The lowest BCUT2D eigenvalue weighted by molar-refractivity contribution is -0.157. The Hall–Kier alpha value is -4.65. The topological polar surface area (TPSA) is 95.9 Å². The molecule has 0 radical (unpaired) electrons. The summed E-state index contributed by atoms with van der Waals surface area (Å²) in [6.45, 7) is 2.69. The number of carboxylic acids is 1. The van der Waals surface area contributed by atoms with Crippen LogP contribution in [0.2, 0.25) is 0 Å². The lowest BCUT2D eigenvalue weighted by atomic mass is 9.77. The molecule has 4 rings (SSSR count). The highest BCUT2D eigenvalue weighted by atomic mass is 16.5. The number of carbonyl (C=O) groups excluding carboxylic acids is 2. The third-order valence-corrected chi connectivity index (χ3v) is 8.84. The van der Waals surface area contributed by atoms with Gasteiger partial charge in [-0.1, -0.05) is 144 Å². The number of unbranched alkanes of at least 4 members (excludes halogenated alkanes) is 9. The Morgan fingerprint density at radius 3 is 2.04 bits per heavy atom. The van der Waals surface area contributed by atoms with E-state index in [1.807, 2.05) is 91.0 Å². The summed E-state index contributed by atoms with van der Waals surface area (Å²) in [6, 6.07) is 26.5. The van der Waals surface area contributed by atoms with Crippen LogP contribution in [0.4, 0.5) is 0 Å². The number of aliphatic carboxylic acids is 1. The Balaban J connectivity index is 1.45. The number of rotatable bonds is 19. The van der Waals surface area contributed by atoms with Crippen molar-refractivity contribution in [2.75, 3.05) is 13.1 Å². The Bertz CT molecular complexity index is 1520. The van der Waals surface area contributed by atoms with Gasteiger partial charge in [0.1, 0.15) is 11.5 Å². The van der Waals surface area contributed by atoms with Crippen LogP contribution in [-0.2, 0) is 20.9 Å². The fourth-order valence-corrected chi connectivity index (χ4v) is 6.10. The number of amides is 2. The van der Waals surface area contributed by atoms with Gasteiger partial charge in [0.15, 0.2) is 0 Å². The molecule has 3 aromatic carbocycles. The molecule has 0 aliphatic heterocycles. The summed E-state index contributed by atoms with van der Waals surface area (Å²) in [7, 11) is 0. The molecule has 0 bridgehead atoms. The summed E-state index contributed by atoms with van der Waals surface area (Å²) in [6.07, 6.45) is 18.1. The fraction of sp³-hybridized carbons (Fsp3) is 0.390. The molecule has 1 atom stereocenters. The minimum Gasteiger partial charge on any atom is -0.474 e. The number of hydrogen-bond donors (Lipinski definition) is 2. The van der Waals surface area contributed by atoms with E-state index in [4.69, 9.17) is 4.74 Å². The molecular formula is C41H50N2O5. The van der Waals surface area contributed by atoms with Crippen molar-refractivity contribution in [1.82, 2.24) is 10.2 Å². The van der Waals surface area contributed by atoms with Crippen molar-refractivity contribution in [1.29, 1.82) is 0 Å². The molecule has 0 saturated carbocycles. The number of benzene rings is 3.